The first-order chi connectivity index (χ1) is 12.8. The molecule has 0 heterocycles. The van der Waals surface area contributed by atoms with Gasteiger partial charge in [-0.3, -0.25) is 9.59 Å². The SMILES string of the molecule is CC(C)[C@H](NS(=O)(=O)c1ccccc1)C(=O)OCC(=O)Nc1ccccc1. The number of hydrogen-bond donors (Lipinski definition) is 2. The van der Waals surface area contributed by atoms with Crippen LogP contribution in [0.15, 0.2) is 65.6 Å². The number of amides is 1. The van der Waals surface area contributed by atoms with Gasteiger partial charge >= 0.3 is 5.97 Å². The average Bonchev–Trinajstić information content (AvgIpc) is 2.65. The summed E-state index contributed by atoms with van der Waals surface area (Å²) in [4.78, 5) is 24.3. The maximum Gasteiger partial charge on any atom is 0.324 e. The van der Waals surface area contributed by atoms with Gasteiger partial charge in [0.2, 0.25) is 10.0 Å². The van der Waals surface area contributed by atoms with E-state index in [9.17, 15) is 18.0 Å². The van der Waals surface area contributed by atoms with Gasteiger partial charge in [-0.2, -0.15) is 4.72 Å². The van der Waals surface area contributed by atoms with Gasteiger partial charge < -0.3 is 10.1 Å². The van der Waals surface area contributed by atoms with Gasteiger partial charge in [0.25, 0.3) is 5.91 Å². The number of anilines is 1. The number of esters is 1. The predicted molar refractivity (Wildman–Crippen MR) is 101 cm³/mol. The number of rotatable bonds is 8. The van der Waals surface area contributed by atoms with Gasteiger partial charge in [0, 0.05) is 5.69 Å². The van der Waals surface area contributed by atoms with Crippen molar-refractivity contribution in [3.05, 3.63) is 60.7 Å². The van der Waals surface area contributed by atoms with Crippen LogP contribution in [0.2, 0.25) is 0 Å². The van der Waals surface area contributed by atoms with E-state index in [-0.39, 0.29) is 10.8 Å². The molecule has 2 aromatic rings. The van der Waals surface area contributed by atoms with E-state index in [0.717, 1.165) is 0 Å². The molecule has 0 fully saturated rings. The van der Waals surface area contributed by atoms with Crippen molar-refractivity contribution in [1.29, 1.82) is 0 Å². The predicted octanol–water partition coefficient (Wildman–Crippen LogP) is 2.17. The lowest BCUT2D eigenvalue weighted by Crippen LogP contribution is -2.45. The molecule has 1 atom stereocenters. The number of benzene rings is 2. The van der Waals surface area contributed by atoms with Crippen molar-refractivity contribution in [3.8, 4) is 0 Å². The van der Waals surface area contributed by atoms with Crippen molar-refractivity contribution in [1.82, 2.24) is 4.72 Å². The zero-order chi connectivity index (χ0) is 19.9. The van der Waals surface area contributed by atoms with Crippen LogP contribution in [0.5, 0.6) is 0 Å². The van der Waals surface area contributed by atoms with E-state index in [1.807, 2.05) is 6.07 Å². The van der Waals surface area contributed by atoms with Crippen LogP contribution >= 0.6 is 0 Å². The van der Waals surface area contributed by atoms with Crippen LogP contribution in [-0.4, -0.2) is 32.9 Å². The minimum absolute atomic E-state index is 0.0465. The molecule has 0 saturated carbocycles. The zero-order valence-corrected chi connectivity index (χ0v) is 15.9. The number of carbonyl (C=O) groups excluding carboxylic acids is 2. The first-order valence-corrected chi connectivity index (χ1v) is 9.87. The van der Waals surface area contributed by atoms with E-state index in [0.29, 0.717) is 5.69 Å². The Morgan fingerprint density at radius 1 is 0.963 bits per heavy atom. The van der Waals surface area contributed by atoms with Gasteiger partial charge in [-0.1, -0.05) is 50.2 Å². The molecule has 0 bridgehead atoms. The van der Waals surface area contributed by atoms with Crippen LogP contribution in [0.1, 0.15) is 13.8 Å². The van der Waals surface area contributed by atoms with Crippen molar-refractivity contribution in [2.45, 2.75) is 24.8 Å². The fraction of sp³-hybridized carbons (Fsp3) is 0.263. The maximum absolute atomic E-state index is 12.4. The van der Waals surface area contributed by atoms with E-state index < -0.39 is 34.5 Å². The molecule has 0 aliphatic heterocycles. The topological polar surface area (TPSA) is 102 Å². The number of hydrogen-bond acceptors (Lipinski definition) is 5. The Hall–Kier alpha value is -2.71. The van der Waals surface area contributed by atoms with Crippen LogP contribution in [0.3, 0.4) is 0 Å². The summed E-state index contributed by atoms with van der Waals surface area (Å²) >= 11 is 0. The van der Waals surface area contributed by atoms with Crippen molar-refractivity contribution < 1.29 is 22.7 Å². The minimum atomic E-state index is -3.89. The van der Waals surface area contributed by atoms with Gasteiger partial charge in [-0.15, -0.1) is 0 Å². The summed E-state index contributed by atoms with van der Waals surface area (Å²) < 4.78 is 32.2. The second-order valence-electron chi connectivity index (χ2n) is 6.18. The third-order valence-electron chi connectivity index (χ3n) is 3.66. The Labute approximate surface area is 158 Å². The number of ether oxygens (including phenoxy) is 1. The standard InChI is InChI=1S/C19H22N2O5S/c1-14(2)18(21-27(24,25)16-11-7-4-8-12-16)19(23)26-13-17(22)20-15-9-5-3-6-10-15/h3-12,14,18,21H,13H2,1-2H3,(H,20,22)/t18-/m0/s1. The number of carbonyl (C=O) groups is 2. The molecule has 144 valence electrons. The molecule has 0 saturated heterocycles. The van der Waals surface area contributed by atoms with E-state index in [4.69, 9.17) is 4.74 Å². The zero-order valence-electron chi connectivity index (χ0n) is 15.1. The lowest BCUT2D eigenvalue weighted by Gasteiger charge is -2.20. The molecule has 8 heteroatoms. The third kappa shape index (κ3) is 6.19. The van der Waals surface area contributed by atoms with E-state index >= 15 is 0 Å². The molecule has 27 heavy (non-hydrogen) atoms. The molecular weight excluding hydrogens is 368 g/mol. The number of nitrogens with one attached hydrogen (secondary N) is 2. The third-order valence-corrected chi connectivity index (χ3v) is 5.12. The molecular formula is C19H22N2O5S. The van der Waals surface area contributed by atoms with Crippen molar-refractivity contribution >= 4 is 27.6 Å². The molecule has 7 nitrogen and oxygen atoms in total. The van der Waals surface area contributed by atoms with Crippen LogP contribution in [0.4, 0.5) is 5.69 Å². The highest BCUT2D eigenvalue weighted by Gasteiger charge is 2.30. The fourth-order valence-corrected chi connectivity index (χ4v) is 3.59. The highest BCUT2D eigenvalue weighted by atomic mass is 32.2. The Morgan fingerprint density at radius 3 is 2.07 bits per heavy atom. The molecule has 0 spiro atoms. The van der Waals surface area contributed by atoms with E-state index in [1.54, 1.807) is 56.3 Å². The van der Waals surface area contributed by atoms with Crippen LogP contribution < -0.4 is 10.0 Å². The molecule has 1 amide bonds. The molecule has 2 N–H and O–H groups in total. The fourth-order valence-electron chi connectivity index (χ4n) is 2.24. The Bertz CT molecular complexity index is 867. The summed E-state index contributed by atoms with van der Waals surface area (Å²) in [7, 11) is -3.89. The summed E-state index contributed by atoms with van der Waals surface area (Å²) in [5, 5.41) is 2.58. The molecule has 0 aromatic heterocycles. The first-order valence-electron chi connectivity index (χ1n) is 8.38. The first kappa shape index (κ1) is 20.6. The quantitative estimate of drug-likeness (QED) is 0.673. The Morgan fingerprint density at radius 2 is 1.52 bits per heavy atom. The summed E-state index contributed by atoms with van der Waals surface area (Å²) in [5.74, 6) is -1.69. The highest BCUT2D eigenvalue weighted by Crippen LogP contribution is 2.12. The lowest BCUT2D eigenvalue weighted by molar-refractivity contribution is -0.150. The average molecular weight is 390 g/mol. The number of para-hydroxylation sites is 1. The van der Waals surface area contributed by atoms with Gasteiger partial charge in [0.15, 0.2) is 6.61 Å². The summed E-state index contributed by atoms with van der Waals surface area (Å²) in [6.07, 6.45) is 0. The van der Waals surface area contributed by atoms with Crippen LogP contribution in [0, 0.1) is 5.92 Å². The molecule has 2 aromatic carbocycles. The van der Waals surface area contributed by atoms with Crippen molar-refractivity contribution in [3.63, 3.8) is 0 Å². The summed E-state index contributed by atoms with van der Waals surface area (Å²) in [6.45, 7) is 2.86. The summed E-state index contributed by atoms with van der Waals surface area (Å²) in [5.41, 5.74) is 0.573. The Balaban J connectivity index is 1.97. The normalized spacial score (nSPS) is 12.4. The Kier molecular flexibility index (Phi) is 7.09. The molecule has 0 aliphatic rings. The molecule has 0 unspecified atom stereocenters. The molecule has 0 radical (unpaired) electrons. The highest BCUT2D eigenvalue weighted by molar-refractivity contribution is 7.89. The lowest BCUT2D eigenvalue weighted by atomic mass is 10.1. The second kappa shape index (κ2) is 9.29. The largest absolute Gasteiger partial charge is 0.454 e. The van der Waals surface area contributed by atoms with Crippen molar-refractivity contribution in [2.24, 2.45) is 5.92 Å². The van der Waals surface area contributed by atoms with Gasteiger partial charge in [0.1, 0.15) is 6.04 Å². The van der Waals surface area contributed by atoms with Crippen LogP contribution in [0.25, 0.3) is 0 Å². The summed E-state index contributed by atoms with van der Waals surface area (Å²) in [6, 6.07) is 15.3. The molecule has 0 aliphatic carbocycles. The van der Waals surface area contributed by atoms with Crippen LogP contribution in [-0.2, 0) is 24.3 Å². The molecule has 2 rings (SSSR count). The smallest absolute Gasteiger partial charge is 0.324 e. The van der Waals surface area contributed by atoms with Gasteiger partial charge in [-0.25, -0.2) is 8.42 Å². The minimum Gasteiger partial charge on any atom is -0.454 e. The maximum atomic E-state index is 12.4. The van der Waals surface area contributed by atoms with E-state index in [1.165, 1.54) is 12.1 Å². The van der Waals surface area contributed by atoms with Gasteiger partial charge in [0.05, 0.1) is 4.90 Å². The monoisotopic (exact) mass is 390 g/mol. The van der Waals surface area contributed by atoms with Gasteiger partial charge in [-0.05, 0) is 30.2 Å². The second-order valence-corrected chi connectivity index (χ2v) is 7.89. The number of sulfonamides is 1. The van der Waals surface area contributed by atoms with Crippen molar-refractivity contribution in [2.75, 3.05) is 11.9 Å². The van der Waals surface area contributed by atoms with E-state index in [2.05, 4.69) is 10.0 Å².